The molecule has 1 saturated carbocycles. The van der Waals surface area contributed by atoms with Crippen LogP contribution >= 0.6 is 0 Å². The number of rotatable bonds is 1. The van der Waals surface area contributed by atoms with E-state index in [0.717, 1.165) is 11.8 Å². The molecule has 1 heteroatoms. The Hall–Kier alpha value is -1.76. The van der Waals surface area contributed by atoms with Crippen molar-refractivity contribution >= 4 is 11.4 Å². The van der Waals surface area contributed by atoms with Gasteiger partial charge in [0, 0.05) is 23.3 Å². The topological polar surface area (TPSA) is 3.24 Å². The lowest BCUT2D eigenvalue weighted by Crippen LogP contribution is -2.32. The minimum absolute atomic E-state index is 0.629. The van der Waals surface area contributed by atoms with Crippen molar-refractivity contribution in [3.05, 3.63) is 60.2 Å². The van der Waals surface area contributed by atoms with Crippen LogP contribution in [0.25, 0.3) is 0 Å². The van der Waals surface area contributed by atoms with Gasteiger partial charge in [0.15, 0.2) is 0 Å². The first-order chi connectivity index (χ1) is 9.77. The number of fused-ring (bicyclic) bond motifs is 3. The van der Waals surface area contributed by atoms with Gasteiger partial charge in [-0.1, -0.05) is 50.2 Å². The first-order valence-electron chi connectivity index (χ1n) is 7.70. The molecule has 2 aromatic rings. The zero-order valence-electron chi connectivity index (χ0n) is 12.2. The molecular weight excluding hydrogens is 242 g/mol. The summed E-state index contributed by atoms with van der Waals surface area (Å²) < 4.78 is 0. The van der Waals surface area contributed by atoms with Crippen LogP contribution in [-0.2, 0) is 0 Å². The molecule has 1 fully saturated rings. The number of hydrogen-bond donors (Lipinski definition) is 0. The molecule has 1 nitrogen and oxygen atoms in total. The predicted molar refractivity (Wildman–Crippen MR) is 84.5 cm³/mol. The zero-order chi connectivity index (χ0) is 13.7. The third-order valence-corrected chi connectivity index (χ3v) is 5.40. The summed E-state index contributed by atoms with van der Waals surface area (Å²) >= 11 is 0. The van der Waals surface area contributed by atoms with Crippen LogP contribution in [0.3, 0.4) is 0 Å². The monoisotopic (exact) mass is 263 g/mol. The number of anilines is 2. The fraction of sp³-hybridized carbons (Fsp3) is 0.368. The second-order valence-corrected chi connectivity index (χ2v) is 6.43. The summed E-state index contributed by atoms with van der Waals surface area (Å²) in [4.78, 5) is 2.59. The van der Waals surface area contributed by atoms with Crippen molar-refractivity contribution in [2.75, 3.05) is 4.90 Å². The van der Waals surface area contributed by atoms with E-state index in [9.17, 15) is 0 Å². The summed E-state index contributed by atoms with van der Waals surface area (Å²) in [6.45, 7) is 4.84. The smallest absolute Gasteiger partial charge is 0.0449 e. The molecule has 4 rings (SSSR count). The van der Waals surface area contributed by atoms with Gasteiger partial charge in [-0.3, -0.25) is 0 Å². The molecule has 0 saturated heterocycles. The maximum Gasteiger partial charge on any atom is 0.0449 e. The lowest BCUT2D eigenvalue weighted by Gasteiger charge is -2.31. The highest BCUT2D eigenvalue weighted by Gasteiger charge is 2.48. The van der Waals surface area contributed by atoms with E-state index in [2.05, 4.69) is 73.3 Å². The lowest BCUT2D eigenvalue weighted by atomic mass is 9.95. The van der Waals surface area contributed by atoms with Gasteiger partial charge in [-0.2, -0.15) is 0 Å². The molecule has 0 N–H and O–H groups in total. The molecule has 0 radical (unpaired) electrons. The molecule has 1 aliphatic heterocycles. The molecule has 4 unspecified atom stereocenters. The summed E-state index contributed by atoms with van der Waals surface area (Å²) in [5, 5.41) is 0. The standard InChI is InChI=1S/C19H21N/c1-13-12-17-16-10-6-7-11-18(16)20(19(17)14(13)2)15-8-4-3-5-9-15/h3-11,13-14,17,19H,12H2,1-2H3. The normalized spacial score (nSPS) is 31.2. The SMILES string of the molecule is CC1CC2c3ccccc3N(c3ccccc3)C2C1C. The average Bonchev–Trinajstić information content (AvgIpc) is 2.96. The van der Waals surface area contributed by atoms with Crippen LogP contribution in [0.5, 0.6) is 0 Å². The van der Waals surface area contributed by atoms with Crippen molar-refractivity contribution in [3.63, 3.8) is 0 Å². The van der Waals surface area contributed by atoms with Gasteiger partial charge in [-0.15, -0.1) is 0 Å². The Bertz CT molecular complexity index is 619. The van der Waals surface area contributed by atoms with Gasteiger partial charge in [0.1, 0.15) is 0 Å². The van der Waals surface area contributed by atoms with Crippen LogP contribution < -0.4 is 4.90 Å². The number of hydrogen-bond acceptors (Lipinski definition) is 1. The fourth-order valence-electron chi connectivity index (χ4n) is 4.26. The first kappa shape index (κ1) is 12.0. The summed E-state index contributed by atoms with van der Waals surface area (Å²) in [7, 11) is 0. The molecule has 2 aromatic carbocycles. The maximum absolute atomic E-state index is 2.59. The number of benzene rings is 2. The fourth-order valence-corrected chi connectivity index (χ4v) is 4.26. The van der Waals surface area contributed by atoms with E-state index in [1.807, 2.05) is 0 Å². The van der Waals surface area contributed by atoms with E-state index in [1.54, 1.807) is 5.56 Å². The van der Waals surface area contributed by atoms with Crippen LogP contribution in [0.15, 0.2) is 54.6 Å². The Kier molecular flexibility index (Phi) is 2.63. The molecule has 2 aliphatic rings. The second kappa shape index (κ2) is 4.37. The number of para-hydroxylation sites is 2. The molecule has 1 heterocycles. The molecule has 4 atom stereocenters. The maximum atomic E-state index is 2.59. The Balaban J connectivity index is 1.88. The lowest BCUT2D eigenvalue weighted by molar-refractivity contribution is 0.420. The van der Waals surface area contributed by atoms with Crippen molar-refractivity contribution in [2.45, 2.75) is 32.2 Å². The minimum Gasteiger partial charge on any atom is -0.337 e. The summed E-state index contributed by atoms with van der Waals surface area (Å²) in [5.41, 5.74) is 4.32. The quantitative estimate of drug-likeness (QED) is 0.702. The average molecular weight is 263 g/mol. The van der Waals surface area contributed by atoms with Gasteiger partial charge in [0.05, 0.1) is 0 Å². The van der Waals surface area contributed by atoms with Crippen molar-refractivity contribution in [2.24, 2.45) is 11.8 Å². The van der Waals surface area contributed by atoms with Gasteiger partial charge in [-0.05, 0) is 42.0 Å². The van der Waals surface area contributed by atoms with Gasteiger partial charge in [0.2, 0.25) is 0 Å². The van der Waals surface area contributed by atoms with Crippen molar-refractivity contribution in [1.29, 1.82) is 0 Å². The minimum atomic E-state index is 0.629. The number of nitrogens with zero attached hydrogens (tertiary/aromatic N) is 1. The van der Waals surface area contributed by atoms with E-state index in [4.69, 9.17) is 0 Å². The van der Waals surface area contributed by atoms with E-state index in [0.29, 0.717) is 12.0 Å². The highest BCUT2D eigenvalue weighted by Crippen LogP contribution is 2.55. The summed E-state index contributed by atoms with van der Waals surface area (Å²) in [6.07, 6.45) is 1.33. The Morgan fingerprint density at radius 3 is 2.40 bits per heavy atom. The van der Waals surface area contributed by atoms with Crippen LogP contribution in [0.4, 0.5) is 11.4 Å². The van der Waals surface area contributed by atoms with Crippen molar-refractivity contribution in [3.8, 4) is 0 Å². The van der Waals surface area contributed by atoms with E-state index in [1.165, 1.54) is 17.8 Å². The van der Waals surface area contributed by atoms with Gasteiger partial charge >= 0.3 is 0 Å². The van der Waals surface area contributed by atoms with Crippen LogP contribution in [0, 0.1) is 11.8 Å². The molecule has 0 bridgehead atoms. The van der Waals surface area contributed by atoms with E-state index >= 15 is 0 Å². The molecule has 0 aromatic heterocycles. The Morgan fingerprint density at radius 1 is 0.900 bits per heavy atom. The molecule has 102 valence electrons. The molecule has 0 amide bonds. The highest BCUT2D eigenvalue weighted by molar-refractivity contribution is 5.73. The molecular formula is C19H21N. The van der Waals surface area contributed by atoms with Crippen molar-refractivity contribution in [1.82, 2.24) is 0 Å². The Labute approximate surface area is 121 Å². The highest BCUT2D eigenvalue weighted by atomic mass is 15.2. The van der Waals surface area contributed by atoms with Crippen LogP contribution in [0.1, 0.15) is 31.7 Å². The van der Waals surface area contributed by atoms with Crippen molar-refractivity contribution < 1.29 is 0 Å². The largest absolute Gasteiger partial charge is 0.337 e. The molecule has 0 spiro atoms. The summed E-state index contributed by atoms with van der Waals surface area (Å²) in [5.74, 6) is 2.26. The predicted octanol–water partition coefficient (Wildman–Crippen LogP) is 4.97. The zero-order valence-corrected chi connectivity index (χ0v) is 12.2. The second-order valence-electron chi connectivity index (χ2n) is 6.43. The first-order valence-corrected chi connectivity index (χ1v) is 7.70. The van der Waals surface area contributed by atoms with E-state index < -0.39 is 0 Å². The molecule has 20 heavy (non-hydrogen) atoms. The van der Waals surface area contributed by atoms with Gasteiger partial charge in [0.25, 0.3) is 0 Å². The summed E-state index contributed by atoms with van der Waals surface area (Å²) in [6, 6.07) is 20.5. The van der Waals surface area contributed by atoms with Gasteiger partial charge < -0.3 is 4.90 Å². The molecule has 1 aliphatic carbocycles. The third-order valence-electron chi connectivity index (χ3n) is 5.40. The van der Waals surface area contributed by atoms with E-state index in [-0.39, 0.29) is 0 Å². The van der Waals surface area contributed by atoms with Crippen LogP contribution in [-0.4, -0.2) is 6.04 Å². The third kappa shape index (κ3) is 1.56. The van der Waals surface area contributed by atoms with Crippen LogP contribution in [0.2, 0.25) is 0 Å². The Morgan fingerprint density at radius 2 is 1.60 bits per heavy atom. The van der Waals surface area contributed by atoms with Gasteiger partial charge in [-0.25, -0.2) is 0 Å².